The molecule has 1 amide bonds. The van der Waals surface area contributed by atoms with Crippen LogP contribution in [0, 0.1) is 0 Å². The maximum absolute atomic E-state index is 10.8. The van der Waals surface area contributed by atoms with E-state index in [4.69, 9.17) is 0 Å². The second-order valence-electron chi connectivity index (χ2n) is 3.38. The Morgan fingerprint density at radius 3 is 2.60 bits per heavy atom. The van der Waals surface area contributed by atoms with Crippen LogP contribution in [0.5, 0.6) is 0 Å². The van der Waals surface area contributed by atoms with Gasteiger partial charge in [0.1, 0.15) is 0 Å². The highest BCUT2D eigenvalue weighted by Gasteiger charge is 2.08. The van der Waals surface area contributed by atoms with Crippen LogP contribution in [-0.2, 0) is 4.79 Å². The van der Waals surface area contributed by atoms with Crippen LogP contribution in [0.4, 0.5) is 0 Å². The highest BCUT2D eigenvalue weighted by atomic mass is 16.2. The molecule has 1 aromatic rings. The zero-order chi connectivity index (χ0) is 10.5. The van der Waals surface area contributed by atoms with E-state index < -0.39 is 0 Å². The summed E-state index contributed by atoms with van der Waals surface area (Å²) in [7, 11) is 0. The molecular weight excluding hydrogens is 188 g/mol. The van der Waals surface area contributed by atoms with E-state index in [1.54, 1.807) is 0 Å². The van der Waals surface area contributed by atoms with Gasteiger partial charge in [-0.25, -0.2) is 5.43 Å². The first-order chi connectivity index (χ1) is 7.34. The van der Waals surface area contributed by atoms with Crippen LogP contribution in [0.1, 0.15) is 18.4 Å². The zero-order valence-corrected chi connectivity index (χ0v) is 8.31. The van der Waals surface area contributed by atoms with Crippen LogP contribution < -0.4 is 5.43 Å². The summed E-state index contributed by atoms with van der Waals surface area (Å²) in [6, 6.07) is 10.0. The van der Waals surface area contributed by atoms with Gasteiger partial charge in [0.05, 0.1) is 5.71 Å². The van der Waals surface area contributed by atoms with E-state index >= 15 is 0 Å². The smallest absolute Gasteiger partial charge is 0.240 e. The van der Waals surface area contributed by atoms with Crippen molar-refractivity contribution in [2.75, 3.05) is 0 Å². The average molecular weight is 200 g/mol. The summed E-state index contributed by atoms with van der Waals surface area (Å²) in [6.07, 6.45) is 5.18. The number of allylic oxidation sites excluding steroid dienone is 1. The maximum Gasteiger partial charge on any atom is 0.240 e. The van der Waals surface area contributed by atoms with Gasteiger partial charge in [0.2, 0.25) is 5.91 Å². The van der Waals surface area contributed by atoms with Crippen molar-refractivity contribution in [3.8, 4) is 0 Å². The molecule has 0 aliphatic carbocycles. The van der Waals surface area contributed by atoms with Crippen LogP contribution >= 0.6 is 0 Å². The minimum Gasteiger partial charge on any atom is -0.273 e. The third-order valence-corrected chi connectivity index (χ3v) is 2.20. The fraction of sp³-hybridized carbons (Fsp3) is 0.167. The molecule has 76 valence electrons. The van der Waals surface area contributed by atoms with E-state index in [-0.39, 0.29) is 5.91 Å². The molecule has 1 aliphatic rings. The molecule has 3 heteroatoms. The molecule has 0 atom stereocenters. The van der Waals surface area contributed by atoms with Gasteiger partial charge in [-0.2, -0.15) is 5.10 Å². The lowest BCUT2D eigenvalue weighted by Gasteiger charge is -2.07. The van der Waals surface area contributed by atoms with Crippen molar-refractivity contribution < 1.29 is 4.79 Å². The van der Waals surface area contributed by atoms with Gasteiger partial charge in [0.15, 0.2) is 0 Å². The van der Waals surface area contributed by atoms with Gasteiger partial charge in [-0.15, -0.1) is 0 Å². The molecule has 15 heavy (non-hydrogen) atoms. The molecule has 0 saturated carbocycles. The number of nitrogens with zero attached hydrogens (tertiary/aromatic N) is 1. The van der Waals surface area contributed by atoms with Crippen LogP contribution in [-0.4, -0.2) is 11.6 Å². The second-order valence-corrected chi connectivity index (χ2v) is 3.38. The Bertz CT molecular complexity index is 407. The summed E-state index contributed by atoms with van der Waals surface area (Å²) >= 11 is 0. The van der Waals surface area contributed by atoms with Crippen molar-refractivity contribution in [3.05, 3.63) is 42.0 Å². The summed E-state index contributed by atoms with van der Waals surface area (Å²) < 4.78 is 0. The van der Waals surface area contributed by atoms with Gasteiger partial charge in [-0.05, 0) is 11.6 Å². The number of nitrogens with one attached hydrogen (secondary N) is 1. The molecule has 1 N–H and O–H groups in total. The number of carbonyl (C=O) groups excluding carboxylic acids is 1. The molecule has 0 saturated heterocycles. The lowest BCUT2D eigenvalue weighted by molar-refractivity contribution is -0.121. The number of rotatable bonds is 2. The lowest BCUT2D eigenvalue weighted by Crippen LogP contribution is -2.24. The summed E-state index contributed by atoms with van der Waals surface area (Å²) in [5.41, 5.74) is 4.52. The molecule has 1 aliphatic heterocycles. The molecule has 0 bridgehead atoms. The molecule has 0 spiro atoms. The van der Waals surface area contributed by atoms with Gasteiger partial charge >= 0.3 is 0 Å². The fourth-order valence-corrected chi connectivity index (χ4v) is 1.36. The van der Waals surface area contributed by atoms with Crippen molar-refractivity contribution in [2.45, 2.75) is 12.8 Å². The number of carbonyl (C=O) groups is 1. The SMILES string of the molecule is O=C1CCC(/C=C/c2ccccc2)=NN1. The molecule has 1 aromatic carbocycles. The van der Waals surface area contributed by atoms with Crippen molar-refractivity contribution in [2.24, 2.45) is 5.10 Å². The topological polar surface area (TPSA) is 41.5 Å². The third-order valence-electron chi connectivity index (χ3n) is 2.20. The number of hydrogen-bond donors (Lipinski definition) is 1. The fourth-order valence-electron chi connectivity index (χ4n) is 1.36. The maximum atomic E-state index is 10.8. The number of hydrazone groups is 1. The lowest BCUT2D eigenvalue weighted by atomic mass is 10.1. The zero-order valence-electron chi connectivity index (χ0n) is 8.31. The average Bonchev–Trinajstić information content (AvgIpc) is 2.30. The van der Waals surface area contributed by atoms with Gasteiger partial charge in [0, 0.05) is 12.8 Å². The number of amides is 1. The standard InChI is InChI=1S/C12H12N2O/c15-12-9-8-11(13-14-12)7-6-10-4-2-1-3-5-10/h1-7H,8-9H2,(H,14,15)/b7-6+. The van der Waals surface area contributed by atoms with Crippen molar-refractivity contribution in [1.82, 2.24) is 5.43 Å². The Labute approximate surface area is 88.5 Å². The predicted molar refractivity (Wildman–Crippen MR) is 60.3 cm³/mol. The first-order valence-corrected chi connectivity index (χ1v) is 4.93. The summed E-state index contributed by atoms with van der Waals surface area (Å²) in [5.74, 6) is -0.00754. The van der Waals surface area contributed by atoms with Gasteiger partial charge in [-0.3, -0.25) is 4.79 Å². The second kappa shape index (κ2) is 4.55. The number of benzene rings is 1. The third kappa shape index (κ3) is 2.77. The molecule has 1 heterocycles. The summed E-state index contributed by atoms with van der Waals surface area (Å²) in [5, 5.41) is 3.96. The summed E-state index contributed by atoms with van der Waals surface area (Å²) in [6.45, 7) is 0. The molecule has 0 radical (unpaired) electrons. The molecular formula is C12H12N2O. The molecule has 0 unspecified atom stereocenters. The van der Waals surface area contributed by atoms with Crippen LogP contribution in [0.3, 0.4) is 0 Å². The minimum atomic E-state index is -0.00754. The van der Waals surface area contributed by atoms with Gasteiger partial charge < -0.3 is 0 Å². The van der Waals surface area contributed by atoms with Crippen LogP contribution in [0.25, 0.3) is 6.08 Å². The Morgan fingerprint density at radius 2 is 1.93 bits per heavy atom. The summed E-state index contributed by atoms with van der Waals surface area (Å²) in [4.78, 5) is 10.8. The molecule has 3 nitrogen and oxygen atoms in total. The quantitative estimate of drug-likeness (QED) is 0.779. The molecule has 0 fully saturated rings. The normalized spacial score (nSPS) is 16.3. The Kier molecular flexibility index (Phi) is 2.93. The Morgan fingerprint density at radius 1 is 1.13 bits per heavy atom. The van der Waals surface area contributed by atoms with Crippen LogP contribution in [0.15, 0.2) is 41.5 Å². The van der Waals surface area contributed by atoms with E-state index in [2.05, 4.69) is 10.5 Å². The van der Waals surface area contributed by atoms with E-state index in [9.17, 15) is 4.79 Å². The first kappa shape index (κ1) is 9.65. The van der Waals surface area contributed by atoms with E-state index in [0.29, 0.717) is 6.42 Å². The van der Waals surface area contributed by atoms with Crippen LogP contribution in [0.2, 0.25) is 0 Å². The van der Waals surface area contributed by atoms with Gasteiger partial charge in [-0.1, -0.05) is 36.4 Å². The highest BCUT2D eigenvalue weighted by Crippen LogP contribution is 2.05. The van der Waals surface area contributed by atoms with E-state index in [1.165, 1.54) is 0 Å². The molecule has 2 rings (SSSR count). The largest absolute Gasteiger partial charge is 0.273 e. The van der Waals surface area contributed by atoms with Crippen molar-refractivity contribution in [3.63, 3.8) is 0 Å². The van der Waals surface area contributed by atoms with E-state index in [0.717, 1.165) is 17.7 Å². The molecule has 0 aromatic heterocycles. The highest BCUT2D eigenvalue weighted by molar-refractivity contribution is 6.02. The predicted octanol–water partition coefficient (Wildman–Crippen LogP) is 1.97. The van der Waals surface area contributed by atoms with Crippen molar-refractivity contribution in [1.29, 1.82) is 0 Å². The number of hydrogen-bond acceptors (Lipinski definition) is 2. The monoisotopic (exact) mass is 200 g/mol. The Hall–Kier alpha value is -1.90. The Balaban J connectivity index is 2.03. The first-order valence-electron chi connectivity index (χ1n) is 4.93. The van der Waals surface area contributed by atoms with E-state index in [1.807, 2.05) is 42.5 Å². The minimum absolute atomic E-state index is 0.00754. The van der Waals surface area contributed by atoms with Crippen molar-refractivity contribution >= 4 is 17.7 Å². The van der Waals surface area contributed by atoms with Gasteiger partial charge in [0.25, 0.3) is 0 Å².